The van der Waals surface area contributed by atoms with Crippen LogP contribution in [-0.2, 0) is 20.8 Å². The van der Waals surface area contributed by atoms with Gasteiger partial charge in [-0.05, 0) is 38.3 Å². The van der Waals surface area contributed by atoms with Gasteiger partial charge in [0.25, 0.3) is 0 Å². The molecular weight excluding hydrogens is 476 g/mol. The lowest BCUT2D eigenvalue weighted by atomic mass is 10.1. The molecule has 0 aliphatic carbocycles. The van der Waals surface area contributed by atoms with E-state index in [9.17, 15) is 9.59 Å². The summed E-state index contributed by atoms with van der Waals surface area (Å²) in [6, 6.07) is 13.4. The van der Waals surface area contributed by atoms with Gasteiger partial charge in [-0.1, -0.05) is 30.3 Å². The largest absolute Gasteiger partial charge is 0.476 e. The van der Waals surface area contributed by atoms with Crippen molar-refractivity contribution in [1.29, 1.82) is 0 Å². The standard InChI is InChI=1S/C23H30N4O5.C4H8O/c1-17-14-26(23(29)32-16-19-7-5-4-6-8-19)15-18(2)27(17)11-12-31-21-10-9-20(13-24-21)25-22(28)30-3;1-2-4-5-3-1/h4-10,13,17-18H,11-12,14-16H2,1-3H3,(H,25,28);1-4H2/t17-,18+;. The second-order valence-corrected chi connectivity index (χ2v) is 9.05. The van der Waals surface area contributed by atoms with E-state index in [0.717, 1.165) is 18.8 Å². The lowest BCUT2D eigenvalue weighted by Gasteiger charge is -2.43. The van der Waals surface area contributed by atoms with Gasteiger partial charge in [-0.25, -0.2) is 14.6 Å². The zero-order valence-corrected chi connectivity index (χ0v) is 21.9. The summed E-state index contributed by atoms with van der Waals surface area (Å²) in [7, 11) is 1.30. The molecule has 0 radical (unpaired) electrons. The molecule has 4 rings (SSSR count). The van der Waals surface area contributed by atoms with Crippen molar-refractivity contribution in [3.8, 4) is 5.88 Å². The van der Waals surface area contributed by atoms with Crippen molar-refractivity contribution < 1.29 is 28.5 Å². The first-order chi connectivity index (χ1) is 18.0. The summed E-state index contributed by atoms with van der Waals surface area (Å²) < 4.78 is 20.7. The molecule has 0 bridgehead atoms. The Bertz CT molecular complexity index is 936. The number of aromatic nitrogens is 1. The third kappa shape index (κ3) is 9.55. The van der Waals surface area contributed by atoms with Gasteiger partial charge in [0.1, 0.15) is 13.2 Å². The predicted molar refractivity (Wildman–Crippen MR) is 140 cm³/mol. The molecule has 0 spiro atoms. The summed E-state index contributed by atoms with van der Waals surface area (Å²) >= 11 is 0. The molecule has 2 aliphatic heterocycles. The van der Waals surface area contributed by atoms with Crippen LogP contribution in [0.25, 0.3) is 0 Å². The molecule has 0 unspecified atom stereocenters. The molecule has 1 N–H and O–H groups in total. The Hall–Kier alpha value is -3.37. The van der Waals surface area contributed by atoms with E-state index in [4.69, 9.17) is 14.2 Å². The maximum absolute atomic E-state index is 12.5. The maximum Gasteiger partial charge on any atom is 0.411 e. The van der Waals surface area contributed by atoms with Crippen molar-refractivity contribution in [1.82, 2.24) is 14.8 Å². The normalized spacial score (nSPS) is 19.4. The summed E-state index contributed by atoms with van der Waals surface area (Å²) in [6.07, 6.45) is 3.23. The summed E-state index contributed by atoms with van der Waals surface area (Å²) in [6.45, 7) is 8.84. The molecule has 2 fully saturated rings. The quantitative estimate of drug-likeness (QED) is 0.588. The van der Waals surface area contributed by atoms with Crippen LogP contribution in [0.15, 0.2) is 48.7 Å². The van der Waals surface area contributed by atoms with Crippen LogP contribution in [0.4, 0.5) is 15.3 Å². The average molecular weight is 515 g/mol. The van der Waals surface area contributed by atoms with Crippen LogP contribution in [-0.4, -0.2) is 85.6 Å². The number of ether oxygens (including phenoxy) is 4. The van der Waals surface area contributed by atoms with Crippen molar-refractivity contribution in [3.05, 3.63) is 54.2 Å². The number of piperazine rings is 1. The first kappa shape index (κ1) is 28.2. The molecule has 10 nitrogen and oxygen atoms in total. The number of anilines is 1. The zero-order valence-electron chi connectivity index (χ0n) is 21.9. The molecular formula is C27H38N4O6. The Balaban J connectivity index is 0.000000678. The van der Waals surface area contributed by atoms with E-state index in [-0.39, 0.29) is 24.8 Å². The second-order valence-electron chi connectivity index (χ2n) is 9.05. The van der Waals surface area contributed by atoms with Crippen LogP contribution < -0.4 is 10.1 Å². The van der Waals surface area contributed by atoms with Gasteiger partial charge in [-0.3, -0.25) is 10.2 Å². The van der Waals surface area contributed by atoms with Gasteiger partial charge < -0.3 is 23.8 Å². The first-order valence-electron chi connectivity index (χ1n) is 12.7. The summed E-state index contributed by atoms with van der Waals surface area (Å²) in [4.78, 5) is 32.0. The molecule has 2 amide bonds. The second kappa shape index (κ2) is 15.0. The molecule has 1 aromatic carbocycles. The molecule has 0 saturated carbocycles. The van der Waals surface area contributed by atoms with E-state index in [1.807, 2.05) is 30.3 Å². The van der Waals surface area contributed by atoms with Crippen molar-refractivity contribution in [2.45, 2.75) is 45.4 Å². The van der Waals surface area contributed by atoms with Crippen LogP contribution in [0.2, 0.25) is 0 Å². The minimum atomic E-state index is -0.550. The Morgan fingerprint density at radius 2 is 1.76 bits per heavy atom. The SMILES string of the molecule is C1CCOC1.COC(=O)Nc1ccc(OCCN2[C@H](C)CN(C(=O)OCc3ccccc3)C[C@@H]2C)nc1. The molecule has 2 atom stereocenters. The van der Waals surface area contributed by atoms with E-state index in [1.165, 1.54) is 26.1 Å². The fourth-order valence-electron chi connectivity index (χ4n) is 4.23. The van der Waals surface area contributed by atoms with E-state index in [1.54, 1.807) is 17.0 Å². The fraction of sp³-hybridized carbons (Fsp3) is 0.519. The Morgan fingerprint density at radius 1 is 1.05 bits per heavy atom. The van der Waals surface area contributed by atoms with Gasteiger partial charge in [-0.2, -0.15) is 0 Å². The lowest BCUT2D eigenvalue weighted by Crippen LogP contribution is -2.58. The maximum atomic E-state index is 12.5. The molecule has 2 aliphatic rings. The number of carbonyl (C=O) groups excluding carboxylic acids is 2. The van der Waals surface area contributed by atoms with Crippen LogP contribution in [0, 0.1) is 0 Å². The molecule has 1 aromatic heterocycles. The van der Waals surface area contributed by atoms with Gasteiger partial charge in [0, 0.05) is 51.0 Å². The highest BCUT2D eigenvalue weighted by atomic mass is 16.6. The fourth-order valence-corrected chi connectivity index (χ4v) is 4.23. The number of methoxy groups -OCH3 is 1. The number of pyridine rings is 1. The van der Waals surface area contributed by atoms with Crippen LogP contribution in [0.1, 0.15) is 32.3 Å². The number of hydrogen-bond acceptors (Lipinski definition) is 8. The lowest BCUT2D eigenvalue weighted by molar-refractivity contribution is 0.0191. The number of nitrogens with zero attached hydrogens (tertiary/aromatic N) is 3. The summed E-state index contributed by atoms with van der Waals surface area (Å²) in [5.41, 5.74) is 1.50. The van der Waals surface area contributed by atoms with E-state index in [2.05, 4.69) is 33.8 Å². The minimum absolute atomic E-state index is 0.172. The average Bonchev–Trinajstić information content (AvgIpc) is 3.51. The topological polar surface area (TPSA) is 102 Å². The van der Waals surface area contributed by atoms with Crippen LogP contribution in [0.3, 0.4) is 0 Å². The zero-order chi connectivity index (χ0) is 26.5. The van der Waals surface area contributed by atoms with E-state index in [0.29, 0.717) is 37.8 Å². The Kier molecular flexibility index (Phi) is 11.4. The third-order valence-corrected chi connectivity index (χ3v) is 6.16. The highest BCUT2D eigenvalue weighted by Crippen LogP contribution is 2.18. The monoisotopic (exact) mass is 514 g/mol. The van der Waals surface area contributed by atoms with Gasteiger partial charge in [0.15, 0.2) is 0 Å². The highest BCUT2D eigenvalue weighted by molar-refractivity contribution is 5.84. The van der Waals surface area contributed by atoms with Gasteiger partial charge >= 0.3 is 12.2 Å². The molecule has 2 aromatic rings. The van der Waals surface area contributed by atoms with Gasteiger partial charge in [0.05, 0.1) is 19.0 Å². The van der Waals surface area contributed by atoms with Crippen molar-refractivity contribution in [2.24, 2.45) is 0 Å². The number of hydrogen-bond donors (Lipinski definition) is 1. The molecule has 10 heteroatoms. The highest BCUT2D eigenvalue weighted by Gasteiger charge is 2.32. The number of benzene rings is 1. The first-order valence-corrected chi connectivity index (χ1v) is 12.7. The number of nitrogens with one attached hydrogen (secondary N) is 1. The smallest absolute Gasteiger partial charge is 0.411 e. The summed E-state index contributed by atoms with van der Waals surface area (Å²) in [5, 5.41) is 2.54. The van der Waals surface area contributed by atoms with Crippen LogP contribution in [0.5, 0.6) is 5.88 Å². The molecule has 202 valence electrons. The molecule has 3 heterocycles. The van der Waals surface area contributed by atoms with E-state index >= 15 is 0 Å². The van der Waals surface area contributed by atoms with Gasteiger partial charge in [0.2, 0.25) is 5.88 Å². The molecule has 2 saturated heterocycles. The minimum Gasteiger partial charge on any atom is -0.476 e. The number of carbonyl (C=O) groups is 2. The van der Waals surface area contributed by atoms with Crippen molar-refractivity contribution >= 4 is 17.9 Å². The Morgan fingerprint density at radius 3 is 2.32 bits per heavy atom. The van der Waals surface area contributed by atoms with Crippen molar-refractivity contribution in [2.75, 3.05) is 51.9 Å². The number of rotatable bonds is 7. The van der Waals surface area contributed by atoms with Crippen molar-refractivity contribution in [3.63, 3.8) is 0 Å². The Labute approximate surface area is 218 Å². The predicted octanol–water partition coefficient (Wildman–Crippen LogP) is 4.17. The van der Waals surface area contributed by atoms with E-state index < -0.39 is 6.09 Å². The summed E-state index contributed by atoms with van der Waals surface area (Å²) in [5.74, 6) is 0.476. The third-order valence-electron chi connectivity index (χ3n) is 6.16. The molecule has 37 heavy (non-hydrogen) atoms. The van der Waals surface area contributed by atoms with Gasteiger partial charge in [-0.15, -0.1) is 0 Å². The number of amides is 2. The van der Waals surface area contributed by atoms with Crippen LogP contribution >= 0.6 is 0 Å².